The summed E-state index contributed by atoms with van der Waals surface area (Å²) in [5, 5.41) is 0. The van der Waals surface area contributed by atoms with Gasteiger partial charge in [0.25, 0.3) is 5.71 Å². The van der Waals surface area contributed by atoms with Crippen LogP contribution >= 0.6 is 28.1 Å². The predicted molar refractivity (Wildman–Crippen MR) is 44.8 cm³/mol. The molecule has 0 bridgehead atoms. The molecule has 2 rings (SSSR count). The minimum Gasteiger partial charge on any atom is -0.411 e. The van der Waals surface area contributed by atoms with Gasteiger partial charge in [0.1, 0.15) is 0 Å². The van der Waals surface area contributed by atoms with Crippen LogP contribution in [0.5, 0.6) is 0 Å². The molecule has 0 saturated heterocycles. The number of aromatic nitrogens is 1. The van der Waals surface area contributed by atoms with E-state index in [1.807, 2.05) is 0 Å². The number of rotatable bonds is 0. The zero-order valence-electron chi connectivity index (χ0n) is 5.20. The lowest BCUT2D eigenvalue weighted by Gasteiger charge is -1.84. The van der Waals surface area contributed by atoms with Crippen LogP contribution in [0, 0.1) is 4.90 Å². The first kappa shape index (κ1) is 7.00. The maximum atomic E-state index is 5.00. The van der Waals surface area contributed by atoms with Crippen molar-refractivity contribution in [2.45, 2.75) is 0 Å². The Morgan fingerprint density at radius 1 is 1.45 bits per heavy atom. The number of hydrogen-bond acceptors (Lipinski definition) is 4. The van der Waals surface area contributed by atoms with Gasteiger partial charge in [0.2, 0.25) is 0 Å². The molecule has 0 amide bonds. The van der Waals surface area contributed by atoms with Gasteiger partial charge in [-0.1, -0.05) is 0 Å². The van der Waals surface area contributed by atoms with Crippen LogP contribution in [0.15, 0.2) is 25.6 Å². The Labute approximate surface area is 75.2 Å². The van der Waals surface area contributed by atoms with Gasteiger partial charge in [0.05, 0.1) is 0 Å². The molecule has 0 radical (unpaired) electrons. The molecular weight excluding hydrogens is 230 g/mol. The van der Waals surface area contributed by atoms with Gasteiger partial charge in [-0.2, -0.15) is 0 Å². The van der Waals surface area contributed by atoms with E-state index in [4.69, 9.17) is 8.83 Å². The molecule has 2 heterocycles. The Bertz CT molecular complexity index is 447. The van der Waals surface area contributed by atoms with E-state index >= 15 is 0 Å². The fourth-order valence-electron chi connectivity index (χ4n) is 0.747. The highest BCUT2D eigenvalue weighted by Crippen LogP contribution is 2.18. The molecule has 0 N–H and O–H groups in total. The first-order valence-corrected chi connectivity index (χ1v) is 4.01. The Balaban J connectivity index is 2.92. The van der Waals surface area contributed by atoms with Crippen LogP contribution in [0.3, 0.4) is 0 Å². The highest BCUT2D eigenvalue weighted by atomic mass is 79.9. The lowest BCUT2D eigenvalue weighted by Crippen LogP contribution is -1.70. The largest absolute Gasteiger partial charge is 0.411 e. The predicted octanol–water partition coefficient (Wildman–Crippen LogP) is 2.91. The summed E-state index contributed by atoms with van der Waals surface area (Å²) in [6, 6.07) is 1.75. The highest BCUT2D eigenvalue weighted by molar-refractivity contribution is 9.10. The lowest BCUT2D eigenvalue weighted by atomic mass is 10.5. The van der Waals surface area contributed by atoms with E-state index < -0.39 is 0 Å². The van der Waals surface area contributed by atoms with Gasteiger partial charge in [-0.25, -0.2) is 4.98 Å². The zero-order valence-corrected chi connectivity index (χ0v) is 7.61. The van der Waals surface area contributed by atoms with E-state index in [1.165, 1.54) is 0 Å². The van der Waals surface area contributed by atoms with E-state index in [0.717, 1.165) is 4.47 Å². The van der Waals surface area contributed by atoms with Crippen molar-refractivity contribution in [3.63, 3.8) is 0 Å². The topological polar surface area (TPSA) is 39.2 Å². The first-order chi connectivity index (χ1) is 5.25. The van der Waals surface area contributed by atoms with Crippen LogP contribution in [0.4, 0.5) is 0 Å². The number of hydrogen-bond donors (Lipinski definition) is 0. The Morgan fingerprint density at radius 2 is 2.27 bits per heavy atom. The smallest absolute Gasteiger partial charge is 0.365 e. The molecule has 3 nitrogen and oxygen atoms in total. The molecule has 0 aliphatic carbocycles. The van der Waals surface area contributed by atoms with Gasteiger partial charge in [0.15, 0.2) is 5.58 Å². The number of halogens is 1. The molecule has 0 aliphatic rings. The second-order valence-electron chi connectivity index (χ2n) is 1.91. The highest BCUT2D eigenvalue weighted by Gasteiger charge is 2.01. The van der Waals surface area contributed by atoms with Crippen molar-refractivity contribution in [1.82, 2.24) is 4.98 Å². The third-order valence-electron chi connectivity index (χ3n) is 1.16. The Hall–Kier alpha value is -0.680. The molecule has 0 aromatic carbocycles. The first-order valence-electron chi connectivity index (χ1n) is 2.81. The summed E-state index contributed by atoms with van der Waals surface area (Å²) in [7, 11) is 0. The van der Waals surface area contributed by atoms with Crippen LogP contribution in [0.1, 0.15) is 0 Å². The molecule has 0 aliphatic heterocycles. The monoisotopic (exact) mass is 231 g/mol. The molecule has 11 heavy (non-hydrogen) atoms. The zero-order chi connectivity index (χ0) is 7.84. The standard InChI is InChI=1S/C6H2BrNO2S/c7-3-1-4-5(8-2-3)10-6(11)9-4/h1-2H. The molecule has 2 aromatic heterocycles. The summed E-state index contributed by atoms with van der Waals surface area (Å²) in [4.78, 5) is 4.03. The molecule has 0 fully saturated rings. The fraction of sp³-hybridized carbons (Fsp3) is 0. The van der Waals surface area contributed by atoms with Crippen LogP contribution < -0.4 is 0 Å². The van der Waals surface area contributed by atoms with Crippen molar-refractivity contribution in [1.29, 1.82) is 0 Å². The fourth-order valence-corrected chi connectivity index (χ4v) is 1.23. The summed E-state index contributed by atoms with van der Waals surface area (Å²) in [6.07, 6.45) is 1.62. The summed E-state index contributed by atoms with van der Waals surface area (Å²) in [5.74, 6) is 0. The van der Waals surface area contributed by atoms with Gasteiger partial charge < -0.3 is 8.83 Å². The van der Waals surface area contributed by atoms with Crippen molar-refractivity contribution in [3.05, 3.63) is 21.6 Å². The van der Waals surface area contributed by atoms with E-state index in [-0.39, 0.29) is 4.90 Å². The molecule has 56 valence electrons. The maximum absolute atomic E-state index is 5.00. The average Bonchev–Trinajstić information content (AvgIpc) is 2.27. The van der Waals surface area contributed by atoms with Crippen molar-refractivity contribution in [2.24, 2.45) is 0 Å². The molecule has 2 aromatic rings. The summed E-state index contributed by atoms with van der Waals surface area (Å²) < 4.78 is 10.8. The van der Waals surface area contributed by atoms with Gasteiger partial charge in [-0.05, 0) is 15.9 Å². The SMILES string of the molecule is S=c1oc2cc(Br)cnc2o1. The van der Waals surface area contributed by atoms with Gasteiger partial charge in [0, 0.05) is 29.0 Å². The molecule has 0 spiro atoms. The van der Waals surface area contributed by atoms with Gasteiger partial charge >= 0.3 is 4.90 Å². The van der Waals surface area contributed by atoms with E-state index in [9.17, 15) is 0 Å². The van der Waals surface area contributed by atoms with Crippen LogP contribution in [-0.2, 0) is 0 Å². The van der Waals surface area contributed by atoms with Gasteiger partial charge in [-0.15, -0.1) is 0 Å². The molecule has 0 atom stereocenters. The normalized spacial score (nSPS) is 10.6. The van der Waals surface area contributed by atoms with Gasteiger partial charge in [-0.3, -0.25) is 0 Å². The minimum absolute atomic E-state index is 0.102. The maximum Gasteiger partial charge on any atom is 0.365 e. The summed E-state index contributed by atoms with van der Waals surface area (Å²) >= 11 is 7.91. The van der Waals surface area contributed by atoms with E-state index in [1.54, 1.807) is 12.3 Å². The van der Waals surface area contributed by atoms with Crippen molar-refractivity contribution in [2.75, 3.05) is 0 Å². The minimum atomic E-state index is 0.102. The molecule has 0 saturated carbocycles. The van der Waals surface area contributed by atoms with Crippen molar-refractivity contribution < 1.29 is 8.83 Å². The van der Waals surface area contributed by atoms with Crippen molar-refractivity contribution >= 4 is 39.4 Å². The summed E-state index contributed by atoms with van der Waals surface area (Å²) in [6.45, 7) is 0. The van der Waals surface area contributed by atoms with Crippen LogP contribution in [0.25, 0.3) is 11.3 Å². The second kappa shape index (κ2) is 2.42. The third kappa shape index (κ3) is 1.21. The number of fused-ring (bicyclic) bond motifs is 1. The Morgan fingerprint density at radius 3 is 3.09 bits per heavy atom. The van der Waals surface area contributed by atoms with Crippen molar-refractivity contribution in [3.8, 4) is 0 Å². The quantitative estimate of drug-likeness (QED) is 0.654. The second-order valence-corrected chi connectivity index (χ2v) is 3.16. The van der Waals surface area contributed by atoms with E-state index in [0.29, 0.717) is 11.3 Å². The van der Waals surface area contributed by atoms with E-state index in [2.05, 4.69) is 33.1 Å². The molecule has 0 unspecified atom stereocenters. The molecule has 5 heteroatoms. The number of nitrogens with zero attached hydrogens (tertiary/aromatic N) is 1. The molecular formula is C6H2BrNO2S. The average molecular weight is 232 g/mol. The number of pyridine rings is 1. The summed E-state index contributed by atoms with van der Waals surface area (Å²) in [5.41, 5.74) is 0.988. The Kier molecular flexibility index (Phi) is 1.54. The third-order valence-corrected chi connectivity index (χ3v) is 1.76. The van der Waals surface area contributed by atoms with Crippen LogP contribution in [0.2, 0.25) is 0 Å². The van der Waals surface area contributed by atoms with Crippen LogP contribution in [-0.4, -0.2) is 4.98 Å². The lowest BCUT2D eigenvalue weighted by molar-refractivity contribution is 0.441.